The number of nitrogens with two attached hydrogens (primary N) is 2. The number of hydrazone groups is 1. The number of amidine groups is 1. The molecule has 0 unspecified atom stereocenters. The Morgan fingerprint density at radius 1 is 0.971 bits per heavy atom. The first-order valence-corrected chi connectivity index (χ1v) is 10.9. The van der Waals surface area contributed by atoms with Crippen molar-refractivity contribution in [1.82, 2.24) is 15.4 Å². The van der Waals surface area contributed by atoms with Crippen LogP contribution in [-0.4, -0.2) is 23.4 Å². The first kappa shape index (κ1) is 23.5. The Morgan fingerprint density at radius 2 is 1.66 bits per heavy atom. The predicted octanol–water partition coefficient (Wildman–Crippen LogP) is 2.07. The average molecular weight is 471 g/mol. The fourth-order valence-corrected chi connectivity index (χ4v) is 3.68. The number of ether oxygens (including phenoxy) is 1. The highest BCUT2D eigenvalue weighted by Gasteiger charge is 2.10. The number of hydrogen-bond acceptors (Lipinski definition) is 6. The second kappa shape index (κ2) is 10.5. The van der Waals surface area contributed by atoms with Gasteiger partial charge in [-0.1, -0.05) is 42.5 Å². The van der Waals surface area contributed by atoms with E-state index in [-0.39, 0.29) is 17.3 Å². The molecule has 0 atom stereocenters. The van der Waals surface area contributed by atoms with Crippen molar-refractivity contribution in [3.63, 3.8) is 0 Å². The van der Waals surface area contributed by atoms with Crippen LogP contribution in [0.4, 0.5) is 0 Å². The molecule has 3 aromatic carbocycles. The van der Waals surface area contributed by atoms with Crippen LogP contribution in [0.25, 0.3) is 10.8 Å². The van der Waals surface area contributed by atoms with Crippen LogP contribution in [0.15, 0.2) is 88.9 Å². The van der Waals surface area contributed by atoms with Crippen LogP contribution in [0.3, 0.4) is 0 Å². The van der Waals surface area contributed by atoms with Crippen LogP contribution in [-0.2, 0) is 13.1 Å². The van der Waals surface area contributed by atoms with E-state index in [0.29, 0.717) is 29.6 Å². The standard InChI is InChI=1S/C26H26N6O3/c1-35-22-10-4-17(5-11-22)15-29-25(33)21-9-8-19-12-13-32(26(34)23(19)14-21)16-18-2-6-20(7-3-18)24(27)30-31-28/h2-14,31H,15-16,28H2,1H3,(H2,27,30)(H,29,33). The Labute approximate surface area is 202 Å². The van der Waals surface area contributed by atoms with Crippen molar-refractivity contribution in [3.05, 3.63) is 112 Å². The van der Waals surface area contributed by atoms with Crippen molar-refractivity contribution in [2.45, 2.75) is 13.1 Å². The summed E-state index contributed by atoms with van der Waals surface area (Å²) < 4.78 is 6.76. The average Bonchev–Trinajstić information content (AvgIpc) is 2.89. The highest BCUT2D eigenvalue weighted by atomic mass is 16.5. The van der Waals surface area contributed by atoms with E-state index in [4.69, 9.17) is 16.3 Å². The fraction of sp³-hybridized carbons (Fsp3) is 0.115. The highest BCUT2D eigenvalue weighted by Crippen LogP contribution is 2.15. The van der Waals surface area contributed by atoms with Gasteiger partial charge in [0.25, 0.3) is 11.5 Å². The zero-order valence-electron chi connectivity index (χ0n) is 19.2. The van der Waals surface area contributed by atoms with Gasteiger partial charge in [-0.15, -0.1) is 5.10 Å². The van der Waals surface area contributed by atoms with E-state index < -0.39 is 0 Å². The molecule has 1 heterocycles. The van der Waals surface area contributed by atoms with E-state index in [1.165, 1.54) is 0 Å². The lowest BCUT2D eigenvalue weighted by molar-refractivity contribution is 0.0951. The van der Waals surface area contributed by atoms with Gasteiger partial charge in [-0.3, -0.25) is 9.59 Å². The maximum absolute atomic E-state index is 13.2. The molecule has 0 aliphatic carbocycles. The molecule has 1 amide bonds. The van der Waals surface area contributed by atoms with Crippen molar-refractivity contribution >= 4 is 22.5 Å². The molecule has 9 heteroatoms. The Hall–Kier alpha value is -4.63. The van der Waals surface area contributed by atoms with E-state index >= 15 is 0 Å². The second-order valence-corrected chi connectivity index (χ2v) is 7.90. The molecule has 6 N–H and O–H groups in total. The predicted molar refractivity (Wildman–Crippen MR) is 136 cm³/mol. The SMILES string of the molecule is COc1ccc(CNC(=O)c2ccc3ccn(Cc4ccc(/C(N)=N/NN)cc4)c(=O)c3c2)cc1. The van der Waals surface area contributed by atoms with E-state index in [1.807, 2.05) is 54.6 Å². The number of carbonyl (C=O) groups is 1. The summed E-state index contributed by atoms with van der Waals surface area (Å²) in [6.07, 6.45) is 1.75. The summed E-state index contributed by atoms with van der Waals surface area (Å²) >= 11 is 0. The van der Waals surface area contributed by atoms with Gasteiger partial charge in [-0.2, -0.15) is 0 Å². The number of aromatic nitrogens is 1. The van der Waals surface area contributed by atoms with Crippen LogP contribution in [0.1, 0.15) is 27.0 Å². The van der Waals surface area contributed by atoms with Crippen LogP contribution >= 0.6 is 0 Å². The molecule has 4 aromatic rings. The molecule has 35 heavy (non-hydrogen) atoms. The number of rotatable bonds is 8. The topological polar surface area (TPSA) is 137 Å². The number of nitrogens with one attached hydrogen (secondary N) is 2. The Balaban J connectivity index is 1.51. The number of hydrazine groups is 1. The zero-order chi connectivity index (χ0) is 24.8. The van der Waals surface area contributed by atoms with Gasteiger partial charge in [-0.25, -0.2) is 11.4 Å². The van der Waals surface area contributed by atoms with Gasteiger partial charge < -0.3 is 20.4 Å². The number of carbonyl (C=O) groups excluding carboxylic acids is 1. The minimum atomic E-state index is -0.251. The molecule has 9 nitrogen and oxygen atoms in total. The van der Waals surface area contributed by atoms with Gasteiger partial charge in [0.05, 0.1) is 13.7 Å². The maximum Gasteiger partial charge on any atom is 0.258 e. The lowest BCUT2D eigenvalue weighted by Gasteiger charge is -2.10. The molecule has 0 spiro atoms. The highest BCUT2D eigenvalue weighted by molar-refractivity contribution is 5.98. The Bertz CT molecular complexity index is 1430. The third-order valence-corrected chi connectivity index (χ3v) is 5.64. The summed E-state index contributed by atoms with van der Waals surface area (Å²) in [4.78, 5) is 25.9. The van der Waals surface area contributed by atoms with Gasteiger partial charge >= 0.3 is 0 Å². The normalized spacial score (nSPS) is 11.3. The van der Waals surface area contributed by atoms with E-state index in [1.54, 1.807) is 36.1 Å². The molecule has 0 saturated heterocycles. The summed E-state index contributed by atoms with van der Waals surface area (Å²) in [6, 6.07) is 21.8. The largest absolute Gasteiger partial charge is 0.497 e. The van der Waals surface area contributed by atoms with Crippen LogP contribution in [0, 0.1) is 0 Å². The molecule has 0 aliphatic rings. The molecule has 1 aromatic heterocycles. The van der Waals surface area contributed by atoms with Gasteiger partial charge in [0, 0.05) is 29.3 Å². The molecule has 0 aliphatic heterocycles. The van der Waals surface area contributed by atoms with Crippen molar-refractivity contribution in [3.8, 4) is 5.75 Å². The fourth-order valence-electron chi connectivity index (χ4n) is 3.68. The monoisotopic (exact) mass is 470 g/mol. The number of amides is 1. The third-order valence-electron chi connectivity index (χ3n) is 5.64. The molecule has 0 bridgehead atoms. The summed E-state index contributed by atoms with van der Waals surface area (Å²) in [7, 11) is 1.61. The molecular formula is C26H26N6O3. The molecule has 0 radical (unpaired) electrons. The van der Waals surface area contributed by atoms with E-state index in [2.05, 4.69) is 16.0 Å². The van der Waals surface area contributed by atoms with Gasteiger partial charge in [0.1, 0.15) is 5.75 Å². The van der Waals surface area contributed by atoms with Crippen molar-refractivity contribution in [2.24, 2.45) is 16.7 Å². The van der Waals surface area contributed by atoms with Gasteiger partial charge in [0.15, 0.2) is 5.84 Å². The van der Waals surface area contributed by atoms with Crippen LogP contribution in [0.2, 0.25) is 0 Å². The quantitative estimate of drug-likeness (QED) is 0.135. The Kier molecular flexibility index (Phi) is 7.08. The molecule has 4 rings (SSSR count). The summed E-state index contributed by atoms with van der Waals surface area (Å²) in [6.45, 7) is 0.738. The van der Waals surface area contributed by atoms with Gasteiger partial charge in [-0.05, 0) is 46.8 Å². The summed E-state index contributed by atoms with van der Waals surface area (Å²) in [5, 5.41) is 7.89. The van der Waals surface area contributed by atoms with Crippen LogP contribution in [0.5, 0.6) is 5.75 Å². The van der Waals surface area contributed by atoms with Crippen molar-refractivity contribution < 1.29 is 9.53 Å². The van der Waals surface area contributed by atoms with Gasteiger partial charge in [0.2, 0.25) is 0 Å². The Morgan fingerprint density at radius 3 is 2.34 bits per heavy atom. The maximum atomic E-state index is 13.2. The summed E-state index contributed by atoms with van der Waals surface area (Å²) in [5.41, 5.74) is 10.8. The minimum absolute atomic E-state index is 0.176. The minimum Gasteiger partial charge on any atom is -0.497 e. The molecule has 0 saturated carbocycles. The number of nitrogens with zero attached hydrogens (tertiary/aromatic N) is 2. The lowest BCUT2D eigenvalue weighted by atomic mass is 10.1. The van der Waals surface area contributed by atoms with E-state index in [9.17, 15) is 9.59 Å². The second-order valence-electron chi connectivity index (χ2n) is 7.90. The molecule has 0 fully saturated rings. The van der Waals surface area contributed by atoms with Crippen LogP contribution < -0.4 is 32.7 Å². The number of hydrogen-bond donors (Lipinski definition) is 4. The number of fused-ring (bicyclic) bond motifs is 1. The smallest absolute Gasteiger partial charge is 0.258 e. The molecule has 178 valence electrons. The van der Waals surface area contributed by atoms with Crippen molar-refractivity contribution in [1.29, 1.82) is 0 Å². The lowest BCUT2D eigenvalue weighted by Crippen LogP contribution is -2.24. The molecular weight excluding hydrogens is 444 g/mol. The number of pyridine rings is 1. The van der Waals surface area contributed by atoms with Crippen molar-refractivity contribution in [2.75, 3.05) is 7.11 Å². The first-order valence-electron chi connectivity index (χ1n) is 10.9. The van der Waals surface area contributed by atoms with E-state index in [0.717, 1.165) is 22.3 Å². The number of benzene rings is 3. The summed E-state index contributed by atoms with van der Waals surface area (Å²) in [5.74, 6) is 5.93. The zero-order valence-corrected chi connectivity index (χ0v) is 19.2. The first-order chi connectivity index (χ1) is 17.0. The number of methoxy groups -OCH3 is 1. The third kappa shape index (κ3) is 5.48.